The van der Waals surface area contributed by atoms with Crippen molar-refractivity contribution in [1.82, 2.24) is 0 Å². The second-order valence-corrected chi connectivity index (χ2v) is 4.18. The Hall–Kier alpha value is -2.29. The van der Waals surface area contributed by atoms with Gasteiger partial charge in [-0.05, 0) is 19.1 Å². The lowest BCUT2D eigenvalue weighted by molar-refractivity contribution is -0.384. The first kappa shape index (κ1) is 16.8. The first-order valence-corrected chi connectivity index (χ1v) is 6.93. The molecule has 0 saturated carbocycles. The number of hydrogen-bond acceptors (Lipinski definition) is 7. The Bertz CT molecular complexity index is 583. The molecule has 8 nitrogen and oxygen atoms in total. The van der Waals surface area contributed by atoms with Gasteiger partial charge in [0.15, 0.2) is 0 Å². The third-order valence-corrected chi connectivity index (χ3v) is 2.73. The second kappa shape index (κ2) is 8.10. The lowest BCUT2D eigenvalue weighted by Crippen LogP contribution is -2.09. The minimum absolute atomic E-state index is 0.0143. The van der Waals surface area contributed by atoms with Crippen LogP contribution in [0.4, 0.5) is 11.4 Å². The zero-order valence-corrected chi connectivity index (χ0v) is 12.6. The number of benzene rings is 1. The molecule has 9 heteroatoms. The van der Waals surface area contributed by atoms with E-state index in [1.165, 1.54) is 24.3 Å². The first-order chi connectivity index (χ1) is 9.99. The van der Waals surface area contributed by atoms with Gasteiger partial charge in [0.25, 0.3) is 5.69 Å². The normalized spacial score (nSPS) is 12.1. The number of nitrogens with zero attached hydrogens (tertiary/aromatic N) is 3. The predicted molar refractivity (Wildman–Crippen MR) is 77.7 cm³/mol. The van der Waals surface area contributed by atoms with Gasteiger partial charge in [-0.1, -0.05) is 15.9 Å². The van der Waals surface area contributed by atoms with Crippen LogP contribution in [0.25, 0.3) is 0 Å². The number of allylic oxidation sites excluding steroid dienone is 1. The summed E-state index contributed by atoms with van der Waals surface area (Å²) < 4.78 is 4.75. The Kier molecular flexibility index (Phi) is 6.47. The second-order valence-electron chi connectivity index (χ2n) is 3.62. The largest absolute Gasteiger partial charge is 0.509 e. The Balaban J connectivity index is 2.98. The van der Waals surface area contributed by atoms with Gasteiger partial charge < -0.3 is 9.84 Å². The number of azo groups is 1. The predicted octanol–water partition coefficient (Wildman–Crippen LogP) is 3.41. The van der Waals surface area contributed by atoms with Gasteiger partial charge in [-0.2, -0.15) is 5.11 Å². The highest BCUT2D eigenvalue weighted by atomic mass is 79.9. The summed E-state index contributed by atoms with van der Waals surface area (Å²) >= 11 is 2.99. The highest BCUT2D eigenvalue weighted by Gasteiger charge is 2.16. The molecule has 21 heavy (non-hydrogen) atoms. The average molecular weight is 358 g/mol. The van der Waals surface area contributed by atoms with Crippen molar-refractivity contribution in [3.63, 3.8) is 0 Å². The maximum atomic E-state index is 11.6. The van der Waals surface area contributed by atoms with Crippen LogP contribution in [0.5, 0.6) is 0 Å². The van der Waals surface area contributed by atoms with E-state index in [0.29, 0.717) is 5.69 Å². The van der Waals surface area contributed by atoms with E-state index in [1.54, 1.807) is 6.92 Å². The van der Waals surface area contributed by atoms with Crippen molar-refractivity contribution in [1.29, 1.82) is 0 Å². The van der Waals surface area contributed by atoms with E-state index in [1.807, 2.05) is 0 Å². The number of esters is 1. The van der Waals surface area contributed by atoms with Crippen LogP contribution >= 0.6 is 15.9 Å². The maximum absolute atomic E-state index is 11.6. The molecule has 0 aliphatic rings. The van der Waals surface area contributed by atoms with Crippen molar-refractivity contribution in [2.24, 2.45) is 10.2 Å². The van der Waals surface area contributed by atoms with Gasteiger partial charge in [0.1, 0.15) is 5.76 Å². The first-order valence-electron chi connectivity index (χ1n) is 5.81. The fourth-order valence-electron chi connectivity index (χ4n) is 1.23. The van der Waals surface area contributed by atoms with Crippen LogP contribution in [0.3, 0.4) is 0 Å². The number of aliphatic hydroxyl groups is 1. The standard InChI is InChI=1S/C12H12BrN3O5/c1-2-21-12(18)11(10(17)7-13)15-14-8-3-5-9(6-4-8)16(19)20/h3-6,17H,2,7H2,1H3/b11-10-,15-14?. The molecule has 1 rings (SSSR count). The van der Waals surface area contributed by atoms with E-state index < -0.39 is 10.9 Å². The third-order valence-electron chi connectivity index (χ3n) is 2.19. The fourth-order valence-corrected chi connectivity index (χ4v) is 1.49. The van der Waals surface area contributed by atoms with Gasteiger partial charge in [-0.15, -0.1) is 5.11 Å². The minimum Gasteiger partial charge on any atom is -0.509 e. The number of hydrogen-bond donors (Lipinski definition) is 1. The van der Waals surface area contributed by atoms with E-state index in [9.17, 15) is 20.0 Å². The number of halogens is 1. The third kappa shape index (κ3) is 4.95. The zero-order valence-electron chi connectivity index (χ0n) is 11.0. The molecule has 0 unspecified atom stereocenters. The van der Waals surface area contributed by atoms with Crippen molar-refractivity contribution >= 4 is 33.3 Å². The van der Waals surface area contributed by atoms with Gasteiger partial charge in [0, 0.05) is 12.1 Å². The summed E-state index contributed by atoms with van der Waals surface area (Å²) in [5, 5.41) is 27.5. The number of non-ortho nitro benzene ring substituents is 1. The van der Waals surface area contributed by atoms with Crippen LogP contribution in [-0.4, -0.2) is 27.9 Å². The van der Waals surface area contributed by atoms with Gasteiger partial charge in [-0.3, -0.25) is 10.1 Å². The number of nitro benzene ring substituents is 1. The molecule has 112 valence electrons. The van der Waals surface area contributed by atoms with Gasteiger partial charge in [0.2, 0.25) is 5.70 Å². The van der Waals surface area contributed by atoms with Crippen LogP contribution in [0.1, 0.15) is 6.92 Å². The zero-order chi connectivity index (χ0) is 15.8. The Morgan fingerprint density at radius 2 is 2.05 bits per heavy atom. The molecule has 0 aliphatic carbocycles. The molecule has 0 spiro atoms. The van der Waals surface area contributed by atoms with E-state index in [4.69, 9.17) is 4.74 Å². The van der Waals surface area contributed by atoms with Gasteiger partial charge in [0.05, 0.1) is 22.5 Å². The summed E-state index contributed by atoms with van der Waals surface area (Å²) in [7, 11) is 0. The van der Waals surface area contributed by atoms with Crippen LogP contribution in [0.2, 0.25) is 0 Å². The molecule has 1 aromatic carbocycles. The number of carbonyl (C=O) groups is 1. The summed E-state index contributed by atoms with van der Waals surface area (Å²) in [6, 6.07) is 5.25. The Labute approximate surface area is 128 Å². The monoisotopic (exact) mass is 357 g/mol. The maximum Gasteiger partial charge on any atom is 0.362 e. The lowest BCUT2D eigenvalue weighted by atomic mass is 10.3. The van der Waals surface area contributed by atoms with Crippen LogP contribution in [0, 0.1) is 10.1 Å². The summed E-state index contributed by atoms with van der Waals surface area (Å²) in [6.07, 6.45) is 0. The number of rotatable bonds is 6. The number of nitro groups is 1. The summed E-state index contributed by atoms with van der Waals surface area (Å²) in [5.41, 5.74) is -0.115. The van der Waals surface area contributed by atoms with Crippen molar-refractivity contribution in [2.75, 3.05) is 11.9 Å². The number of ether oxygens (including phenoxy) is 1. The molecule has 0 heterocycles. The molecule has 1 N–H and O–H groups in total. The quantitative estimate of drug-likeness (QED) is 0.159. The molecule has 0 aliphatic heterocycles. The smallest absolute Gasteiger partial charge is 0.362 e. The number of alkyl halides is 1. The highest BCUT2D eigenvalue weighted by molar-refractivity contribution is 9.09. The van der Waals surface area contributed by atoms with E-state index in [0.717, 1.165) is 0 Å². The van der Waals surface area contributed by atoms with Gasteiger partial charge >= 0.3 is 5.97 Å². The van der Waals surface area contributed by atoms with E-state index >= 15 is 0 Å². The molecule has 0 amide bonds. The Morgan fingerprint density at radius 3 is 2.52 bits per heavy atom. The van der Waals surface area contributed by atoms with Crippen molar-refractivity contribution in [3.05, 3.63) is 45.8 Å². The van der Waals surface area contributed by atoms with Crippen molar-refractivity contribution in [2.45, 2.75) is 6.92 Å². The highest BCUT2D eigenvalue weighted by Crippen LogP contribution is 2.20. The molecular weight excluding hydrogens is 346 g/mol. The molecule has 0 fully saturated rings. The average Bonchev–Trinajstić information content (AvgIpc) is 2.47. The van der Waals surface area contributed by atoms with Crippen molar-refractivity contribution in [3.8, 4) is 0 Å². The lowest BCUT2D eigenvalue weighted by Gasteiger charge is -2.03. The van der Waals surface area contributed by atoms with Gasteiger partial charge in [-0.25, -0.2) is 4.79 Å². The van der Waals surface area contributed by atoms with Crippen LogP contribution < -0.4 is 0 Å². The van der Waals surface area contributed by atoms with E-state index in [-0.39, 0.29) is 29.1 Å². The molecule has 0 radical (unpaired) electrons. The topological polar surface area (TPSA) is 114 Å². The molecule has 0 bridgehead atoms. The molecule has 0 saturated heterocycles. The molecule has 0 aromatic heterocycles. The van der Waals surface area contributed by atoms with E-state index in [2.05, 4.69) is 26.2 Å². The molecule has 1 aromatic rings. The summed E-state index contributed by atoms with van der Waals surface area (Å²) in [4.78, 5) is 21.6. The Morgan fingerprint density at radius 1 is 1.43 bits per heavy atom. The summed E-state index contributed by atoms with van der Waals surface area (Å²) in [5.74, 6) is -1.13. The SMILES string of the molecule is CCOC(=O)/C(N=Nc1ccc([N+](=O)[O-])cc1)=C(/O)CBr. The van der Waals surface area contributed by atoms with Crippen molar-refractivity contribution < 1.29 is 19.6 Å². The molecular formula is C12H12BrN3O5. The minimum atomic E-state index is -0.805. The van der Waals surface area contributed by atoms with Crippen LogP contribution in [-0.2, 0) is 9.53 Å². The fraction of sp³-hybridized carbons (Fsp3) is 0.250. The number of carbonyl (C=O) groups excluding carboxylic acids is 1. The van der Waals surface area contributed by atoms with Crippen LogP contribution in [0.15, 0.2) is 46.0 Å². The molecule has 0 atom stereocenters. The number of aliphatic hydroxyl groups excluding tert-OH is 1. The summed E-state index contributed by atoms with van der Waals surface area (Å²) in [6.45, 7) is 1.75.